The summed E-state index contributed by atoms with van der Waals surface area (Å²) >= 11 is 0. The second-order valence-corrected chi connectivity index (χ2v) is 7.83. The van der Waals surface area contributed by atoms with Gasteiger partial charge < -0.3 is 9.64 Å². The van der Waals surface area contributed by atoms with E-state index in [4.69, 9.17) is 4.74 Å². The van der Waals surface area contributed by atoms with E-state index >= 15 is 0 Å². The zero-order valence-corrected chi connectivity index (χ0v) is 17.5. The van der Waals surface area contributed by atoms with Crippen LogP contribution in [0.2, 0.25) is 0 Å². The highest BCUT2D eigenvalue weighted by Gasteiger charge is 2.27. The van der Waals surface area contributed by atoms with Gasteiger partial charge in [0.1, 0.15) is 11.6 Å². The summed E-state index contributed by atoms with van der Waals surface area (Å²) < 4.78 is 5.63. The molecule has 1 saturated heterocycles. The van der Waals surface area contributed by atoms with Crippen molar-refractivity contribution in [2.24, 2.45) is 0 Å². The topological polar surface area (TPSA) is 28.6 Å². The van der Waals surface area contributed by atoms with Crippen LogP contribution >= 0.6 is 0 Å². The van der Waals surface area contributed by atoms with E-state index in [9.17, 15) is 0 Å². The van der Waals surface area contributed by atoms with Crippen LogP contribution in [0.3, 0.4) is 0 Å². The molecule has 1 aromatic heterocycles. The summed E-state index contributed by atoms with van der Waals surface area (Å²) in [5, 5.41) is 0. The molecule has 4 rings (SSSR count). The van der Waals surface area contributed by atoms with E-state index in [1.54, 1.807) is 7.11 Å². The number of aromatic nitrogens is 1. The highest BCUT2D eigenvalue weighted by molar-refractivity contribution is 5.73. The summed E-state index contributed by atoms with van der Waals surface area (Å²) in [6, 6.07) is 21.8. The smallest absolute Gasteiger partial charge is 0.128 e. The first-order chi connectivity index (χ1) is 14.2. The minimum Gasteiger partial charge on any atom is -0.496 e. The molecule has 1 aliphatic heterocycles. The van der Waals surface area contributed by atoms with E-state index in [1.807, 2.05) is 32.4 Å². The third-order valence-electron chi connectivity index (χ3n) is 5.76. The summed E-state index contributed by atoms with van der Waals surface area (Å²) in [6.07, 6.45) is 4.35. The van der Waals surface area contributed by atoms with Crippen LogP contribution in [-0.4, -0.2) is 37.6 Å². The van der Waals surface area contributed by atoms with Gasteiger partial charge in [0.25, 0.3) is 0 Å². The summed E-state index contributed by atoms with van der Waals surface area (Å²) in [5.41, 5.74) is 5.10. The van der Waals surface area contributed by atoms with Crippen molar-refractivity contribution >= 4 is 5.82 Å². The Balaban J connectivity index is 1.64. The molecule has 2 heterocycles. The molecule has 4 nitrogen and oxygen atoms in total. The average molecular weight is 388 g/mol. The number of benzene rings is 2. The number of rotatable bonds is 6. The Kier molecular flexibility index (Phi) is 5.81. The fourth-order valence-electron chi connectivity index (χ4n) is 4.29. The summed E-state index contributed by atoms with van der Waals surface area (Å²) in [7, 11) is 5.83. The highest BCUT2D eigenvalue weighted by atomic mass is 16.5. The number of hydrogen-bond acceptors (Lipinski definition) is 4. The van der Waals surface area contributed by atoms with Crippen molar-refractivity contribution in [2.45, 2.75) is 25.4 Å². The van der Waals surface area contributed by atoms with Gasteiger partial charge in [0.2, 0.25) is 0 Å². The minimum atomic E-state index is 0.433. The Bertz CT molecular complexity index is 970. The molecular weight excluding hydrogens is 358 g/mol. The third kappa shape index (κ3) is 4.13. The van der Waals surface area contributed by atoms with Gasteiger partial charge in [0.05, 0.1) is 7.11 Å². The van der Waals surface area contributed by atoms with Gasteiger partial charge in [0.15, 0.2) is 0 Å². The van der Waals surface area contributed by atoms with Crippen molar-refractivity contribution in [1.82, 2.24) is 9.88 Å². The maximum Gasteiger partial charge on any atom is 0.128 e. The molecule has 0 radical (unpaired) electrons. The second kappa shape index (κ2) is 8.66. The molecule has 1 aliphatic rings. The van der Waals surface area contributed by atoms with Gasteiger partial charge in [-0.3, -0.25) is 4.90 Å². The summed E-state index contributed by atoms with van der Waals surface area (Å²) in [6.45, 7) is 2.04. The van der Waals surface area contributed by atoms with Gasteiger partial charge in [-0.15, -0.1) is 0 Å². The lowest BCUT2D eigenvalue weighted by molar-refractivity contribution is 0.249. The van der Waals surface area contributed by atoms with E-state index < -0.39 is 0 Å². The molecule has 0 unspecified atom stereocenters. The largest absolute Gasteiger partial charge is 0.496 e. The van der Waals surface area contributed by atoms with E-state index in [-0.39, 0.29) is 0 Å². The average Bonchev–Trinajstić information content (AvgIpc) is 3.22. The minimum absolute atomic E-state index is 0.433. The number of ether oxygens (including phenoxy) is 1. The predicted octanol–water partition coefficient (Wildman–Crippen LogP) is 5.16. The highest BCUT2D eigenvalue weighted by Crippen LogP contribution is 2.37. The van der Waals surface area contributed by atoms with Gasteiger partial charge in [0, 0.05) is 38.4 Å². The number of methoxy groups -OCH3 is 1. The van der Waals surface area contributed by atoms with Crippen LogP contribution in [0.25, 0.3) is 11.1 Å². The Morgan fingerprint density at radius 1 is 1.03 bits per heavy atom. The first-order valence-corrected chi connectivity index (χ1v) is 10.3. The van der Waals surface area contributed by atoms with Crippen molar-refractivity contribution in [3.8, 4) is 16.9 Å². The van der Waals surface area contributed by atoms with E-state index in [0.29, 0.717) is 6.04 Å². The van der Waals surface area contributed by atoms with Crippen LogP contribution < -0.4 is 9.64 Å². The molecule has 3 aromatic rings. The fourth-order valence-corrected chi connectivity index (χ4v) is 4.29. The number of anilines is 1. The Hall–Kier alpha value is -2.85. The number of likely N-dealkylation sites (tertiary alicyclic amines) is 1. The van der Waals surface area contributed by atoms with Crippen LogP contribution in [0.4, 0.5) is 5.82 Å². The van der Waals surface area contributed by atoms with E-state index in [2.05, 4.69) is 63.3 Å². The molecule has 0 amide bonds. The monoisotopic (exact) mass is 387 g/mol. The lowest BCUT2D eigenvalue weighted by atomic mass is 9.97. The molecule has 2 aromatic carbocycles. The number of pyridine rings is 1. The van der Waals surface area contributed by atoms with Crippen LogP contribution in [0.1, 0.15) is 30.0 Å². The van der Waals surface area contributed by atoms with Gasteiger partial charge in [-0.2, -0.15) is 0 Å². The molecule has 1 atom stereocenters. The van der Waals surface area contributed by atoms with Crippen molar-refractivity contribution in [2.75, 3.05) is 32.6 Å². The SMILES string of the molecule is COc1ccccc1-c1ccccc1CN1CCC[C@H]1c1ccnc(N(C)C)c1. The maximum absolute atomic E-state index is 5.63. The summed E-state index contributed by atoms with van der Waals surface area (Å²) in [4.78, 5) is 9.16. The Morgan fingerprint density at radius 3 is 2.59 bits per heavy atom. The Labute approximate surface area is 173 Å². The van der Waals surface area contributed by atoms with Crippen LogP contribution in [-0.2, 0) is 6.54 Å². The zero-order valence-electron chi connectivity index (χ0n) is 17.5. The van der Waals surface area contributed by atoms with Crippen molar-refractivity contribution in [1.29, 1.82) is 0 Å². The van der Waals surface area contributed by atoms with Crippen molar-refractivity contribution in [3.63, 3.8) is 0 Å². The molecule has 1 fully saturated rings. The molecule has 0 saturated carbocycles. The third-order valence-corrected chi connectivity index (χ3v) is 5.76. The standard InChI is InChI=1S/C25H29N3O/c1-27(2)25-17-19(14-15-26-25)23-12-8-16-28(23)18-20-9-4-5-10-21(20)22-11-6-7-13-24(22)29-3/h4-7,9-11,13-15,17,23H,8,12,16,18H2,1-3H3/t23-/m0/s1. The molecule has 29 heavy (non-hydrogen) atoms. The molecule has 0 bridgehead atoms. The number of para-hydroxylation sites is 1. The molecule has 150 valence electrons. The fraction of sp³-hybridized carbons (Fsp3) is 0.320. The summed E-state index contributed by atoms with van der Waals surface area (Å²) in [5.74, 6) is 1.94. The molecule has 0 N–H and O–H groups in total. The van der Waals surface area contributed by atoms with Crippen molar-refractivity contribution < 1.29 is 4.74 Å². The zero-order chi connectivity index (χ0) is 20.2. The first kappa shape index (κ1) is 19.5. The van der Waals surface area contributed by atoms with Crippen molar-refractivity contribution in [3.05, 3.63) is 78.0 Å². The first-order valence-electron chi connectivity index (χ1n) is 10.3. The quantitative estimate of drug-likeness (QED) is 0.584. The van der Waals surface area contributed by atoms with E-state index in [0.717, 1.165) is 30.2 Å². The number of nitrogens with zero attached hydrogens (tertiary/aromatic N) is 3. The number of hydrogen-bond donors (Lipinski definition) is 0. The predicted molar refractivity (Wildman–Crippen MR) is 119 cm³/mol. The van der Waals surface area contributed by atoms with Gasteiger partial charge >= 0.3 is 0 Å². The van der Waals surface area contributed by atoms with Gasteiger partial charge in [-0.1, -0.05) is 42.5 Å². The Morgan fingerprint density at radius 2 is 1.79 bits per heavy atom. The van der Waals surface area contributed by atoms with Crippen LogP contribution in [0.15, 0.2) is 66.9 Å². The lowest BCUT2D eigenvalue weighted by Gasteiger charge is -2.27. The second-order valence-electron chi connectivity index (χ2n) is 7.83. The van der Waals surface area contributed by atoms with E-state index in [1.165, 1.54) is 29.5 Å². The van der Waals surface area contributed by atoms with Gasteiger partial charge in [-0.25, -0.2) is 4.98 Å². The van der Waals surface area contributed by atoms with Crippen LogP contribution in [0.5, 0.6) is 5.75 Å². The van der Waals surface area contributed by atoms with Gasteiger partial charge in [-0.05, 0) is 54.3 Å². The molecule has 0 aliphatic carbocycles. The maximum atomic E-state index is 5.63. The normalized spacial score (nSPS) is 16.7. The molecule has 4 heteroatoms. The molecule has 0 spiro atoms. The van der Waals surface area contributed by atoms with Crippen LogP contribution in [0, 0.1) is 0 Å². The molecular formula is C25H29N3O. The lowest BCUT2D eigenvalue weighted by Crippen LogP contribution is -2.23.